The third kappa shape index (κ3) is 25.0. The van der Waals surface area contributed by atoms with Crippen LogP contribution in [0.25, 0.3) is 0 Å². The lowest BCUT2D eigenvalue weighted by Gasteiger charge is -2.19. The zero-order chi connectivity index (χ0) is 94.4. The summed E-state index contributed by atoms with van der Waals surface area (Å²) < 4.78 is 75.7. The second kappa shape index (κ2) is 45.4. The van der Waals surface area contributed by atoms with Crippen LogP contribution in [0.2, 0.25) is 0 Å². The fraction of sp³-hybridized carbons (Fsp3) is 0.242. The normalized spacial score (nSPS) is 19.7. The second-order valence-corrected chi connectivity index (χ2v) is 32.4. The molecule has 4 aliphatic heterocycles. The van der Waals surface area contributed by atoms with Gasteiger partial charge in [0, 0.05) is 76.2 Å². The van der Waals surface area contributed by atoms with E-state index in [-0.39, 0.29) is 52.1 Å². The van der Waals surface area contributed by atoms with E-state index in [0.717, 1.165) is 9.13 Å². The van der Waals surface area contributed by atoms with Gasteiger partial charge in [-0.05, 0) is 149 Å². The highest BCUT2D eigenvalue weighted by atomic mass is 127. The Labute approximate surface area is 781 Å². The van der Waals surface area contributed by atoms with E-state index in [2.05, 4.69) is 9.97 Å². The van der Waals surface area contributed by atoms with Gasteiger partial charge in [-0.1, -0.05) is 146 Å². The molecule has 0 bridgehead atoms. The molecule has 4 aliphatic rings. The minimum absolute atomic E-state index is 0.133. The molecule has 8 aromatic carbocycles. The van der Waals surface area contributed by atoms with Crippen LogP contribution in [0.1, 0.15) is 139 Å². The van der Waals surface area contributed by atoms with Gasteiger partial charge in [0.1, 0.15) is 100 Å². The summed E-state index contributed by atoms with van der Waals surface area (Å²) in [5.41, 5.74) is -0.997. The topological polar surface area (TPSA) is 445 Å². The van der Waals surface area contributed by atoms with Gasteiger partial charge in [-0.25, -0.2) is 57.5 Å². The molecule has 38 heteroatoms. The van der Waals surface area contributed by atoms with Crippen LogP contribution in [0.4, 0.5) is 0 Å². The second-order valence-electron chi connectivity index (χ2n) is 30.1. The molecule has 12 aromatic rings. The first-order valence-corrected chi connectivity index (χ1v) is 43.4. The molecule has 8 heterocycles. The monoisotopic (exact) mass is 2040 g/mol. The first kappa shape index (κ1) is 96.1. The number of carbonyl (C=O) groups is 8. The molecule has 0 aliphatic carbocycles. The minimum atomic E-state index is -0.822. The number of nitrogens with one attached hydrogen (secondary N) is 2. The molecule has 0 saturated carbocycles. The van der Waals surface area contributed by atoms with Crippen molar-refractivity contribution in [3.05, 3.63) is 414 Å². The Balaban J connectivity index is 0.000000151. The Hall–Kier alpha value is -14.5. The van der Waals surface area contributed by atoms with E-state index in [9.17, 15) is 76.7 Å². The van der Waals surface area contributed by atoms with Crippen molar-refractivity contribution < 1.29 is 95.2 Å². The molecule has 4 aromatic heterocycles. The van der Waals surface area contributed by atoms with E-state index in [1.807, 2.05) is 45.2 Å². The predicted octanol–water partition coefficient (Wildman–Crippen LogP) is 9.17. The van der Waals surface area contributed by atoms with E-state index in [1.165, 1.54) is 63.2 Å². The molecule has 0 spiro atoms. The number of esters is 8. The standard InChI is InChI=1S/C25H24N2O7.C24H21IN2O7.C23H19IN2O7.C23H20N2O7/c1-16-14-27(25(31)26(2)22(16)28)21-13-19(34-24(30)18-11-7-4-8-12-18)20(33-21)15-32-23(29)17-9-5-3-6-10-17;1-26-21(28)17(25)13-27(24(26)31)20-12-18(34-23(30)16-10-6-3-7-11-16)19(33-20)14-32-22(29)15-8-4-2-5-9-15;24-16-12-26(23(30)25-20(16)27)19-11-17(33-22(29)15-9-5-2-6-10-15)18(32-19)13-31-21(28)14-7-3-1-4-8-14;26-19-11-12-25(23(29)24-19)20-13-17(32-22(28)16-9-5-2-6-10-16)18(31-20)14-30-21(27)15-7-3-1-4-8-15/h3-12,14,19-21H,13,15H2,1-2H3;2-11,13,18-20H,12,14H2,1H3;1-10,12,17-19H,11,13H2,(H,25,27,30);1-12,17-18,20H,13-14H2,(H,24,26,29)/t19?,20-,21-;18?,19-,20-;17?,18-,19-;17?,18-,20-/m0000/s1. The fourth-order valence-corrected chi connectivity index (χ4v) is 15.3. The summed E-state index contributed by atoms with van der Waals surface area (Å²) in [4.78, 5) is 201. The Morgan fingerprint density at radius 2 is 0.564 bits per heavy atom. The highest BCUT2D eigenvalue weighted by Crippen LogP contribution is 2.36. The Bertz CT molecular complexity index is 6460. The van der Waals surface area contributed by atoms with E-state index in [4.69, 9.17) is 56.8 Å². The zero-order valence-corrected chi connectivity index (χ0v) is 75.3. The van der Waals surface area contributed by atoms with Gasteiger partial charge in [-0.15, -0.1) is 0 Å². The lowest BCUT2D eigenvalue weighted by Crippen LogP contribution is -2.40. The molecule has 36 nitrogen and oxygen atoms in total. The lowest BCUT2D eigenvalue weighted by atomic mass is 10.1. The predicted molar refractivity (Wildman–Crippen MR) is 488 cm³/mol. The maximum absolute atomic E-state index is 12.7. The van der Waals surface area contributed by atoms with E-state index in [0.29, 0.717) is 57.2 Å². The van der Waals surface area contributed by atoms with Gasteiger partial charge >= 0.3 is 70.5 Å². The number of rotatable bonds is 24. The van der Waals surface area contributed by atoms with Crippen LogP contribution in [-0.2, 0) is 70.9 Å². The molecule has 16 rings (SSSR count). The molecule has 4 saturated heterocycles. The van der Waals surface area contributed by atoms with Crippen molar-refractivity contribution >= 4 is 92.9 Å². The minimum Gasteiger partial charge on any atom is -0.459 e. The van der Waals surface area contributed by atoms with Crippen LogP contribution in [-0.4, -0.2) is 160 Å². The Kier molecular flexibility index (Phi) is 32.8. The molecule has 2 N–H and O–H groups in total. The van der Waals surface area contributed by atoms with E-state index < -0.39 is 166 Å². The number of hydrogen-bond donors (Lipinski definition) is 2. The summed E-state index contributed by atoms with van der Waals surface area (Å²) in [5, 5.41) is 0. The average molecular weight is 2040 g/mol. The third-order valence-electron chi connectivity index (χ3n) is 21.1. The van der Waals surface area contributed by atoms with Gasteiger partial charge in [0.2, 0.25) is 0 Å². The zero-order valence-electron chi connectivity index (χ0n) is 70.9. The SMILES string of the molecule is Cc1cn([C@@H]2CC(OC(=O)c3ccccc3)[C@H](COC(=O)c3ccccc3)O2)c(=O)n(C)c1=O.Cn1c(=O)c(I)cn([C@@H]2CC(OC(=O)c3ccccc3)[C@H](COC(=O)c3ccccc3)O2)c1=O.O=C(OC[C@@H]1O[C@H](n2cc(I)c(=O)[nH]c2=O)CC1OC(=O)c1ccccc1)c1ccccc1.O=C(OC[C@@H]1O[C@H](n2ccc(=O)[nH]c2=O)CC1OC(=O)c1ccccc1)c1ccccc1. The van der Waals surface area contributed by atoms with Gasteiger partial charge in [0.15, 0.2) is 0 Å². The third-order valence-corrected chi connectivity index (χ3v) is 22.6. The van der Waals surface area contributed by atoms with Crippen molar-refractivity contribution in [1.29, 1.82) is 0 Å². The summed E-state index contributed by atoms with van der Waals surface area (Å²) in [6.45, 7) is 0.853. The van der Waals surface area contributed by atoms with Crippen LogP contribution in [0.5, 0.6) is 0 Å². The quantitative estimate of drug-likeness (QED) is 0.0323. The summed E-state index contributed by atoms with van der Waals surface area (Å²) >= 11 is 3.65. The van der Waals surface area contributed by atoms with Crippen molar-refractivity contribution in [3.63, 3.8) is 0 Å². The molecule has 0 radical (unpaired) electrons. The number of H-pyrrole nitrogens is 2. The highest BCUT2D eigenvalue weighted by Gasteiger charge is 2.45. The number of aryl methyl sites for hydroxylation is 1. The maximum Gasteiger partial charge on any atom is 0.338 e. The first-order valence-electron chi connectivity index (χ1n) is 41.3. The number of aromatic amines is 2. The van der Waals surface area contributed by atoms with Crippen molar-refractivity contribution in [3.8, 4) is 0 Å². The van der Waals surface area contributed by atoms with E-state index >= 15 is 0 Å². The van der Waals surface area contributed by atoms with Gasteiger partial charge in [0.25, 0.3) is 22.2 Å². The van der Waals surface area contributed by atoms with Crippen LogP contribution in [0.15, 0.2) is 312 Å². The fourth-order valence-electron chi connectivity index (χ4n) is 14.2. The molecule has 4 unspecified atom stereocenters. The van der Waals surface area contributed by atoms with Crippen molar-refractivity contribution in [2.75, 3.05) is 26.4 Å². The smallest absolute Gasteiger partial charge is 0.338 e. The van der Waals surface area contributed by atoms with Crippen LogP contribution < -0.4 is 45.0 Å². The molecule has 12 atom stereocenters. The van der Waals surface area contributed by atoms with Gasteiger partial charge in [-0.2, -0.15) is 0 Å². The number of ether oxygens (including phenoxy) is 12. The number of carbonyl (C=O) groups excluding carboxylic acids is 8. The average Bonchev–Trinajstić information content (AvgIpc) is 1.67. The number of nitrogens with zero attached hydrogens (tertiary/aromatic N) is 6. The van der Waals surface area contributed by atoms with Crippen molar-refractivity contribution in [1.82, 2.24) is 37.4 Å². The number of benzene rings is 8. The molecule has 133 heavy (non-hydrogen) atoms. The molecular weight excluding hydrogens is 1950 g/mol. The molecule has 0 amide bonds. The van der Waals surface area contributed by atoms with Crippen LogP contribution >= 0.6 is 45.2 Å². The Morgan fingerprint density at radius 1 is 0.316 bits per heavy atom. The van der Waals surface area contributed by atoms with Gasteiger partial charge in [0.05, 0.1) is 51.6 Å². The maximum atomic E-state index is 12.7. The first-order chi connectivity index (χ1) is 64.1. The molecular formula is C95H84I2N8O28. The summed E-state index contributed by atoms with van der Waals surface area (Å²) in [5.74, 6) is -4.43. The largest absolute Gasteiger partial charge is 0.459 e. The van der Waals surface area contributed by atoms with Crippen molar-refractivity contribution in [2.45, 2.75) is 106 Å². The van der Waals surface area contributed by atoms with E-state index in [1.54, 1.807) is 250 Å². The molecule has 4 fully saturated rings. The number of hydrogen-bond acceptors (Lipinski definition) is 28. The Morgan fingerprint density at radius 3 is 0.857 bits per heavy atom. The summed E-state index contributed by atoms with van der Waals surface area (Å²) in [7, 11) is 2.76. The lowest BCUT2D eigenvalue weighted by molar-refractivity contribution is -0.0586. The highest BCUT2D eigenvalue weighted by molar-refractivity contribution is 14.1. The number of halogens is 2. The summed E-state index contributed by atoms with van der Waals surface area (Å²) in [6.07, 6.45) is -3.59. The summed E-state index contributed by atoms with van der Waals surface area (Å²) in [6, 6.07) is 68.9. The van der Waals surface area contributed by atoms with Crippen LogP contribution in [0, 0.1) is 14.1 Å². The van der Waals surface area contributed by atoms with Gasteiger partial charge in [-0.3, -0.25) is 56.5 Å². The molecule has 686 valence electrons. The van der Waals surface area contributed by atoms with Gasteiger partial charge < -0.3 is 56.8 Å². The van der Waals surface area contributed by atoms with Crippen LogP contribution in [0.3, 0.4) is 0 Å². The van der Waals surface area contributed by atoms with Crippen molar-refractivity contribution in [2.24, 2.45) is 14.1 Å². The number of aromatic nitrogens is 8.